The summed E-state index contributed by atoms with van der Waals surface area (Å²) < 4.78 is 4.87. The van der Waals surface area contributed by atoms with Crippen LogP contribution < -0.4 is 0 Å². The molecule has 81 heavy (non-hydrogen) atoms. The van der Waals surface area contributed by atoms with E-state index < -0.39 is 0 Å². The maximum Gasteiger partial charge on any atom is 0.160 e. The minimum atomic E-state index is 0.720. The van der Waals surface area contributed by atoms with Gasteiger partial charge in [-0.25, -0.2) is 9.97 Å². The highest BCUT2D eigenvalue weighted by Gasteiger charge is 2.27. The normalized spacial score (nSPS) is 11.9. The molecule has 0 atom stereocenters. The molecule has 0 amide bonds. The standard InChI is InChI=1S/C77H50N4/c1-5-19-50(20-6-1)54-27-15-29-59(43-54)80-73-36-14-13-31-65(73)68-45-56(37-40-74(68)80)57-38-41-75-69(46-57)70-47-58(39-42-76(70)81(75)60-30-16-28-55(44-60)51-21-7-2-8-22-51)61-32-17-33-62-63-34-18-35-64(67(63)48-66(61)62)72-49-71(52-23-9-3-10-24-52)78-77(79-72)53-25-11-4-12-26-53/h1-47,49H,48H2. The summed E-state index contributed by atoms with van der Waals surface area (Å²) in [6.07, 6.45) is 0.788. The van der Waals surface area contributed by atoms with Gasteiger partial charge in [-0.3, -0.25) is 0 Å². The van der Waals surface area contributed by atoms with Crippen LogP contribution in [0.3, 0.4) is 0 Å². The summed E-state index contributed by atoms with van der Waals surface area (Å²) in [6, 6.07) is 106. The quantitative estimate of drug-likeness (QED) is 0.144. The van der Waals surface area contributed by atoms with Crippen molar-refractivity contribution in [2.24, 2.45) is 0 Å². The fraction of sp³-hybridized carbons (Fsp3) is 0.0130. The van der Waals surface area contributed by atoms with Crippen molar-refractivity contribution >= 4 is 43.6 Å². The van der Waals surface area contributed by atoms with E-state index in [1.54, 1.807) is 0 Å². The lowest BCUT2D eigenvalue weighted by molar-refractivity contribution is 1.17. The summed E-state index contributed by atoms with van der Waals surface area (Å²) in [5.41, 5.74) is 26.7. The van der Waals surface area contributed by atoms with Crippen LogP contribution in [0.5, 0.6) is 0 Å². The predicted octanol–water partition coefficient (Wildman–Crippen LogP) is 19.9. The molecule has 1 aliphatic rings. The topological polar surface area (TPSA) is 35.6 Å². The first-order valence-corrected chi connectivity index (χ1v) is 27.8. The molecule has 4 nitrogen and oxygen atoms in total. The molecule has 0 fully saturated rings. The molecule has 0 radical (unpaired) electrons. The largest absolute Gasteiger partial charge is 0.309 e. The lowest BCUT2D eigenvalue weighted by Gasteiger charge is -2.12. The van der Waals surface area contributed by atoms with Crippen molar-refractivity contribution < 1.29 is 0 Å². The van der Waals surface area contributed by atoms with Gasteiger partial charge in [-0.2, -0.15) is 0 Å². The molecular weight excluding hydrogens is 981 g/mol. The second kappa shape index (κ2) is 19.1. The first-order chi connectivity index (χ1) is 40.1. The second-order valence-corrected chi connectivity index (χ2v) is 21.3. The third-order valence-corrected chi connectivity index (χ3v) is 16.6. The Labute approximate surface area is 469 Å². The zero-order chi connectivity index (χ0) is 53.4. The van der Waals surface area contributed by atoms with Gasteiger partial charge < -0.3 is 9.13 Å². The Bertz CT molecular complexity index is 4880. The summed E-state index contributed by atoms with van der Waals surface area (Å²) in [5, 5.41) is 4.88. The molecule has 3 heterocycles. The van der Waals surface area contributed by atoms with Gasteiger partial charge in [0.1, 0.15) is 0 Å². The Morgan fingerprint density at radius 1 is 0.235 bits per heavy atom. The van der Waals surface area contributed by atoms with Crippen LogP contribution in [-0.4, -0.2) is 19.1 Å². The van der Waals surface area contributed by atoms with Gasteiger partial charge in [0, 0.05) is 49.6 Å². The minimum Gasteiger partial charge on any atom is -0.309 e. The number of para-hydroxylation sites is 1. The van der Waals surface area contributed by atoms with Crippen molar-refractivity contribution in [3.8, 4) is 101 Å². The summed E-state index contributed by atoms with van der Waals surface area (Å²) in [5.74, 6) is 0.720. The van der Waals surface area contributed by atoms with Crippen LogP contribution in [0.25, 0.3) is 145 Å². The zero-order valence-electron chi connectivity index (χ0n) is 44.2. The SMILES string of the molecule is c1ccc(-c2cccc(-n3c4ccccc4c4cc(-c5ccc6c(c5)c5cc(-c7cccc8c7Cc7c(-c9cc(-c%10ccccc%10)nc(-c%10ccccc%10)n9)cccc7-8)ccc5n6-c5cccc(-c6ccccc6)c5)ccc43)c2)cc1. The van der Waals surface area contributed by atoms with Crippen molar-refractivity contribution in [2.75, 3.05) is 0 Å². The zero-order valence-corrected chi connectivity index (χ0v) is 44.2. The van der Waals surface area contributed by atoms with E-state index in [2.05, 4.69) is 294 Å². The molecule has 378 valence electrons. The van der Waals surface area contributed by atoms with Gasteiger partial charge in [-0.05, 0) is 146 Å². The highest BCUT2D eigenvalue weighted by Crippen LogP contribution is 2.47. The van der Waals surface area contributed by atoms with Crippen molar-refractivity contribution in [1.82, 2.24) is 19.1 Å². The molecule has 4 heteroatoms. The third-order valence-electron chi connectivity index (χ3n) is 16.6. The maximum atomic E-state index is 5.30. The van der Waals surface area contributed by atoms with Gasteiger partial charge in [0.2, 0.25) is 0 Å². The Morgan fingerprint density at radius 3 is 1.21 bits per heavy atom. The van der Waals surface area contributed by atoms with Gasteiger partial charge >= 0.3 is 0 Å². The Balaban J connectivity index is 0.837. The number of nitrogens with zero attached hydrogens (tertiary/aromatic N) is 4. The summed E-state index contributed by atoms with van der Waals surface area (Å²) in [4.78, 5) is 10.4. The molecule has 0 aliphatic heterocycles. The molecule has 0 bridgehead atoms. The summed E-state index contributed by atoms with van der Waals surface area (Å²) in [6.45, 7) is 0. The van der Waals surface area contributed by atoms with Crippen LogP contribution in [0.1, 0.15) is 11.1 Å². The van der Waals surface area contributed by atoms with Crippen molar-refractivity contribution in [3.05, 3.63) is 302 Å². The van der Waals surface area contributed by atoms with E-state index in [0.717, 1.165) is 62.7 Å². The molecule has 0 spiro atoms. The monoisotopic (exact) mass is 1030 g/mol. The van der Waals surface area contributed by atoms with Crippen LogP contribution in [0.15, 0.2) is 291 Å². The van der Waals surface area contributed by atoms with E-state index in [0.29, 0.717) is 0 Å². The fourth-order valence-electron chi connectivity index (χ4n) is 12.8. The Hall–Kier alpha value is -10.7. The number of aromatic nitrogens is 4. The van der Waals surface area contributed by atoms with Gasteiger partial charge in [-0.15, -0.1) is 0 Å². The van der Waals surface area contributed by atoms with E-state index in [1.807, 2.05) is 6.07 Å². The number of fused-ring (bicyclic) bond motifs is 9. The smallest absolute Gasteiger partial charge is 0.160 e. The van der Waals surface area contributed by atoms with Crippen LogP contribution in [-0.2, 0) is 6.42 Å². The van der Waals surface area contributed by atoms with Gasteiger partial charge in [-0.1, -0.05) is 218 Å². The first kappa shape index (κ1) is 46.4. The lowest BCUT2D eigenvalue weighted by atomic mass is 9.94. The second-order valence-electron chi connectivity index (χ2n) is 21.3. The van der Waals surface area contributed by atoms with E-state index in [1.165, 1.54) is 99.3 Å². The number of hydrogen-bond acceptors (Lipinski definition) is 2. The van der Waals surface area contributed by atoms with E-state index in [-0.39, 0.29) is 0 Å². The van der Waals surface area contributed by atoms with Crippen molar-refractivity contribution in [3.63, 3.8) is 0 Å². The average molecular weight is 1030 g/mol. The van der Waals surface area contributed by atoms with Crippen LogP contribution >= 0.6 is 0 Å². The highest BCUT2D eigenvalue weighted by molar-refractivity contribution is 6.14. The molecule has 0 saturated heterocycles. The average Bonchev–Trinajstić information content (AvgIpc) is 3.95. The molecule has 0 N–H and O–H groups in total. The minimum absolute atomic E-state index is 0.720. The fourth-order valence-corrected chi connectivity index (χ4v) is 12.8. The van der Waals surface area contributed by atoms with Crippen LogP contribution in [0.4, 0.5) is 0 Å². The molecule has 0 saturated carbocycles. The van der Waals surface area contributed by atoms with Crippen molar-refractivity contribution in [2.45, 2.75) is 6.42 Å². The molecule has 16 rings (SSSR count). The Morgan fingerprint density at radius 2 is 0.630 bits per heavy atom. The number of rotatable bonds is 9. The predicted molar refractivity (Wildman–Crippen MR) is 337 cm³/mol. The van der Waals surface area contributed by atoms with Gasteiger partial charge in [0.25, 0.3) is 0 Å². The lowest BCUT2D eigenvalue weighted by Crippen LogP contribution is -1.98. The highest BCUT2D eigenvalue weighted by atomic mass is 15.0. The van der Waals surface area contributed by atoms with Crippen LogP contribution in [0, 0.1) is 0 Å². The maximum absolute atomic E-state index is 5.30. The molecule has 1 aliphatic carbocycles. The Kier molecular flexibility index (Phi) is 10.9. The summed E-state index contributed by atoms with van der Waals surface area (Å²) >= 11 is 0. The van der Waals surface area contributed by atoms with Gasteiger partial charge in [0.05, 0.1) is 33.5 Å². The first-order valence-electron chi connectivity index (χ1n) is 27.8. The van der Waals surface area contributed by atoms with E-state index in [4.69, 9.17) is 9.97 Å². The van der Waals surface area contributed by atoms with Crippen LogP contribution in [0.2, 0.25) is 0 Å². The number of benzene rings is 12. The van der Waals surface area contributed by atoms with Gasteiger partial charge in [0.15, 0.2) is 5.82 Å². The summed E-state index contributed by atoms with van der Waals surface area (Å²) in [7, 11) is 0. The molecule has 12 aromatic carbocycles. The van der Waals surface area contributed by atoms with E-state index in [9.17, 15) is 0 Å². The van der Waals surface area contributed by atoms with Crippen molar-refractivity contribution in [1.29, 1.82) is 0 Å². The molecule has 3 aromatic heterocycles. The molecule has 0 unspecified atom stereocenters. The third kappa shape index (κ3) is 7.91. The molecule has 15 aromatic rings. The van der Waals surface area contributed by atoms with E-state index >= 15 is 0 Å². The molecular formula is C77H50N4. The number of hydrogen-bond donors (Lipinski definition) is 0.